The van der Waals surface area contributed by atoms with Crippen LogP contribution < -0.4 is 4.87 Å². The molecule has 0 unspecified atom stereocenters. The second kappa shape index (κ2) is 7.34. The fourth-order valence-electron chi connectivity index (χ4n) is 2.91. The van der Waals surface area contributed by atoms with Gasteiger partial charge in [-0.25, -0.2) is 0 Å². The first kappa shape index (κ1) is 17.0. The quantitative estimate of drug-likeness (QED) is 0.773. The molecule has 1 aliphatic rings. The Hall–Kier alpha value is -1.88. The van der Waals surface area contributed by atoms with E-state index in [9.17, 15) is 9.59 Å². The van der Waals surface area contributed by atoms with Crippen molar-refractivity contribution in [2.75, 3.05) is 0 Å². The first-order valence-corrected chi connectivity index (χ1v) is 9.48. The predicted molar refractivity (Wildman–Crippen MR) is 97.3 cm³/mol. The molecule has 0 aliphatic heterocycles. The smallest absolute Gasteiger partial charge is 0.307 e. The normalized spacial score (nSPS) is 13.9. The minimum atomic E-state index is 0.0217. The van der Waals surface area contributed by atoms with Crippen LogP contribution in [0, 0.1) is 6.92 Å². The highest BCUT2D eigenvalue weighted by molar-refractivity contribution is 7.07. The minimum Gasteiger partial charge on any atom is -0.335 e. The average molecular weight is 344 g/mol. The van der Waals surface area contributed by atoms with Gasteiger partial charge in [-0.3, -0.25) is 9.59 Å². The van der Waals surface area contributed by atoms with Crippen molar-refractivity contribution in [1.29, 1.82) is 0 Å². The van der Waals surface area contributed by atoms with Crippen LogP contribution in [0.3, 0.4) is 0 Å². The summed E-state index contributed by atoms with van der Waals surface area (Å²) in [5.74, 6) is 0.148. The Kier molecular flexibility index (Phi) is 5.19. The number of amides is 1. The van der Waals surface area contributed by atoms with E-state index in [1.54, 1.807) is 4.57 Å². The molecule has 1 aromatic heterocycles. The lowest BCUT2D eigenvalue weighted by Crippen LogP contribution is -2.33. The topological polar surface area (TPSA) is 42.3 Å². The number of hydrogen-bond acceptors (Lipinski definition) is 3. The van der Waals surface area contributed by atoms with Crippen molar-refractivity contribution in [3.05, 3.63) is 56.1 Å². The van der Waals surface area contributed by atoms with E-state index in [0.29, 0.717) is 25.6 Å². The summed E-state index contributed by atoms with van der Waals surface area (Å²) in [6.07, 6.45) is 3.60. The van der Waals surface area contributed by atoms with E-state index in [1.165, 1.54) is 22.5 Å². The Morgan fingerprint density at radius 2 is 1.92 bits per heavy atom. The van der Waals surface area contributed by atoms with Crippen LogP contribution in [-0.4, -0.2) is 21.4 Å². The number of carbonyl (C=O) groups excluding carboxylic acids is 1. The zero-order chi connectivity index (χ0) is 17.1. The molecule has 0 bridgehead atoms. The second-order valence-corrected chi connectivity index (χ2v) is 7.29. The van der Waals surface area contributed by atoms with Crippen LogP contribution in [0.25, 0.3) is 0 Å². The molecule has 24 heavy (non-hydrogen) atoms. The van der Waals surface area contributed by atoms with Gasteiger partial charge in [0.1, 0.15) is 0 Å². The van der Waals surface area contributed by atoms with Gasteiger partial charge in [-0.05, 0) is 37.3 Å². The fraction of sp³-hybridized carbons (Fsp3) is 0.474. The van der Waals surface area contributed by atoms with Gasteiger partial charge in [-0.1, -0.05) is 42.5 Å². The molecule has 0 N–H and O–H groups in total. The standard InChI is InChI=1S/C19H24N2O2S/c1-3-15-4-6-16(7-5-15)12-21(17-8-9-17)18(22)10-11-20-14(2)13-24-19(20)23/h4-7,13,17H,3,8-12H2,1-2H3. The Labute approximate surface area is 146 Å². The first-order valence-electron chi connectivity index (χ1n) is 8.60. The number of aromatic nitrogens is 1. The molecule has 0 spiro atoms. The van der Waals surface area contributed by atoms with Crippen molar-refractivity contribution < 1.29 is 4.79 Å². The molecule has 1 aliphatic carbocycles. The van der Waals surface area contributed by atoms with Gasteiger partial charge < -0.3 is 9.47 Å². The number of aryl methyl sites for hydroxylation is 2. The molecule has 0 saturated heterocycles. The Bertz CT molecular complexity index is 756. The number of rotatable bonds is 7. The first-order chi connectivity index (χ1) is 11.6. The van der Waals surface area contributed by atoms with Gasteiger partial charge in [-0.15, -0.1) is 0 Å². The van der Waals surface area contributed by atoms with Gasteiger partial charge in [0.25, 0.3) is 0 Å². The second-order valence-electron chi connectivity index (χ2n) is 6.47. The van der Waals surface area contributed by atoms with Gasteiger partial charge in [0.05, 0.1) is 0 Å². The average Bonchev–Trinajstić information content (AvgIpc) is 3.38. The van der Waals surface area contributed by atoms with Crippen molar-refractivity contribution in [2.24, 2.45) is 0 Å². The fourth-order valence-corrected chi connectivity index (χ4v) is 3.67. The summed E-state index contributed by atoms with van der Waals surface area (Å²) in [6, 6.07) is 8.89. The van der Waals surface area contributed by atoms with Crippen molar-refractivity contribution in [1.82, 2.24) is 9.47 Å². The monoisotopic (exact) mass is 344 g/mol. The minimum absolute atomic E-state index is 0.0217. The molecule has 1 aromatic carbocycles. The number of benzene rings is 1. The van der Waals surface area contributed by atoms with E-state index >= 15 is 0 Å². The van der Waals surface area contributed by atoms with Crippen LogP contribution in [-0.2, 0) is 24.3 Å². The summed E-state index contributed by atoms with van der Waals surface area (Å²) >= 11 is 1.20. The molecule has 4 nitrogen and oxygen atoms in total. The molecule has 128 valence electrons. The van der Waals surface area contributed by atoms with Gasteiger partial charge in [0.2, 0.25) is 5.91 Å². The lowest BCUT2D eigenvalue weighted by Gasteiger charge is -2.23. The predicted octanol–water partition coefficient (Wildman–Crippen LogP) is 3.36. The van der Waals surface area contributed by atoms with Crippen molar-refractivity contribution in [3.63, 3.8) is 0 Å². The summed E-state index contributed by atoms with van der Waals surface area (Å²) in [5.41, 5.74) is 3.43. The molecule has 5 heteroatoms. The van der Waals surface area contributed by atoms with E-state index in [0.717, 1.165) is 25.0 Å². The molecular weight excluding hydrogens is 320 g/mol. The maximum Gasteiger partial charge on any atom is 0.307 e. The largest absolute Gasteiger partial charge is 0.335 e. The maximum atomic E-state index is 12.7. The Morgan fingerprint density at radius 1 is 1.25 bits per heavy atom. The molecule has 0 radical (unpaired) electrons. The highest BCUT2D eigenvalue weighted by Gasteiger charge is 2.32. The lowest BCUT2D eigenvalue weighted by atomic mass is 10.1. The summed E-state index contributed by atoms with van der Waals surface area (Å²) in [6.45, 7) is 5.20. The van der Waals surface area contributed by atoms with E-state index in [4.69, 9.17) is 0 Å². The molecule has 1 saturated carbocycles. The highest BCUT2D eigenvalue weighted by Crippen LogP contribution is 2.29. The SMILES string of the molecule is CCc1ccc(CN(C(=O)CCn2c(C)csc2=O)C2CC2)cc1. The van der Waals surface area contributed by atoms with Crippen LogP contribution in [0.2, 0.25) is 0 Å². The molecule has 1 fully saturated rings. The summed E-state index contributed by atoms with van der Waals surface area (Å²) < 4.78 is 1.70. The number of hydrogen-bond donors (Lipinski definition) is 0. The zero-order valence-electron chi connectivity index (χ0n) is 14.3. The van der Waals surface area contributed by atoms with Crippen molar-refractivity contribution in [3.8, 4) is 0 Å². The summed E-state index contributed by atoms with van der Waals surface area (Å²) in [7, 11) is 0. The molecule has 3 rings (SSSR count). The number of thiazole rings is 1. The third kappa shape index (κ3) is 3.96. The Morgan fingerprint density at radius 3 is 2.46 bits per heavy atom. The van der Waals surface area contributed by atoms with Crippen LogP contribution in [0.1, 0.15) is 43.0 Å². The molecule has 0 atom stereocenters. The van der Waals surface area contributed by atoms with Gasteiger partial charge in [-0.2, -0.15) is 0 Å². The van der Waals surface area contributed by atoms with E-state index in [2.05, 4.69) is 31.2 Å². The third-order valence-electron chi connectivity index (χ3n) is 4.62. The highest BCUT2D eigenvalue weighted by atomic mass is 32.1. The molecule has 1 heterocycles. The number of carbonyl (C=O) groups is 1. The molecule has 2 aromatic rings. The number of nitrogens with zero attached hydrogens (tertiary/aromatic N) is 2. The lowest BCUT2D eigenvalue weighted by molar-refractivity contribution is -0.132. The van der Waals surface area contributed by atoms with E-state index < -0.39 is 0 Å². The van der Waals surface area contributed by atoms with Crippen LogP contribution in [0.4, 0.5) is 0 Å². The summed E-state index contributed by atoms with van der Waals surface area (Å²) in [4.78, 5) is 26.5. The van der Waals surface area contributed by atoms with Crippen LogP contribution in [0.15, 0.2) is 34.4 Å². The molecular formula is C19H24N2O2S. The van der Waals surface area contributed by atoms with Gasteiger partial charge in [0.15, 0.2) is 0 Å². The van der Waals surface area contributed by atoms with Crippen molar-refractivity contribution >= 4 is 17.2 Å². The van der Waals surface area contributed by atoms with Crippen LogP contribution in [0.5, 0.6) is 0 Å². The maximum absolute atomic E-state index is 12.7. The van der Waals surface area contributed by atoms with Gasteiger partial charge in [0, 0.05) is 36.6 Å². The third-order valence-corrected chi connectivity index (χ3v) is 5.50. The van der Waals surface area contributed by atoms with E-state index in [-0.39, 0.29) is 10.8 Å². The Balaban J connectivity index is 1.64. The van der Waals surface area contributed by atoms with Crippen molar-refractivity contribution in [2.45, 2.75) is 58.7 Å². The summed E-state index contributed by atoms with van der Waals surface area (Å²) in [5, 5.41) is 1.85. The van der Waals surface area contributed by atoms with E-state index in [1.807, 2.05) is 17.2 Å². The van der Waals surface area contributed by atoms with Gasteiger partial charge >= 0.3 is 4.87 Å². The molecule has 1 amide bonds. The van der Waals surface area contributed by atoms with Crippen LogP contribution >= 0.6 is 11.3 Å². The zero-order valence-corrected chi connectivity index (χ0v) is 15.1.